The third-order valence-electron chi connectivity index (χ3n) is 27.5. The predicted molar refractivity (Wildman–Crippen MR) is 505 cm³/mol. The molecule has 18 rings (SSSR count). The Labute approximate surface area is 764 Å². The van der Waals surface area contributed by atoms with E-state index in [0.29, 0.717) is 70.7 Å². The number of piperazine rings is 3. The van der Waals surface area contributed by atoms with Crippen molar-refractivity contribution >= 4 is 111 Å². The Morgan fingerprint density at radius 2 is 0.899 bits per heavy atom. The highest BCUT2D eigenvalue weighted by atomic mass is 35.5. The summed E-state index contributed by atoms with van der Waals surface area (Å²) in [6.45, 7) is 25.3. The smallest absolute Gasteiger partial charge is 0.274 e. The number of anilines is 2. The quantitative estimate of drug-likeness (QED) is 0.0289. The zero-order valence-corrected chi connectivity index (χ0v) is 77.0. The number of nitrogens with one attached hydrogen (secondary N) is 4. The van der Waals surface area contributed by atoms with Crippen LogP contribution in [0.2, 0.25) is 10.0 Å². The SMILES string of the molecule is CC1(C)CCC(CN2CCN(c3ccc(C(=O)NS(=O)(=O)c4cc5c(c([N+](=O)[O-])c4)C[C@@H](CCN4CCCCC4)C5)c(Oc4cnc5[nH]ccc5c4)c3)CC2)=C(c2ccc(Cl)cc2)C1.CN1CCN(CC[C@H]2Cc3cc(S(=O)(=O)NC(=O)c4ccc(N5CCN(CC6=C(c7ccc(Cl)cc7)CC(C)(C)CC6)CC5)cc4Oc4cnc5[nH]ccc5c4)cc([N+](=O)[O-])c3C2)CC1. The minimum absolute atomic E-state index is 0.00421. The summed E-state index contributed by atoms with van der Waals surface area (Å²) in [5.41, 5.74) is 13.7. The minimum atomic E-state index is -4.54. The Bertz CT molecular complexity index is 6190. The highest BCUT2D eigenvalue weighted by Gasteiger charge is 2.38. The summed E-state index contributed by atoms with van der Waals surface area (Å²) in [5.74, 6) is -0.441. The van der Waals surface area contributed by atoms with Crippen LogP contribution in [0.15, 0.2) is 179 Å². The maximum absolute atomic E-state index is 14.1. The number of nitro groups is 2. The molecular weight excluding hydrogens is 1710 g/mol. The molecule has 678 valence electrons. The van der Waals surface area contributed by atoms with Crippen molar-refractivity contribution in [3.05, 3.63) is 244 Å². The summed E-state index contributed by atoms with van der Waals surface area (Å²) in [6.07, 6.45) is 20.6. The van der Waals surface area contributed by atoms with Crippen molar-refractivity contribution in [3.8, 4) is 23.0 Å². The van der Waals surface area contributed by atoms with Crippen molar-refractivity contribution in [1.82, 2.24) is 53.9 Å². The average molecular weight is 1830 g/mol. The molecule has 0 saturated carbocycles. The van der Waals surface area contributed by atoms with Gasteiger partial charge < -0.3 is 43.9 Å². The summed E-state index contributed by atoms with van der Waals surface area (Å²) in [4.78, 5) is 82.9. The molecule has 4 N–H and O–H groups in total. The molecule has 4 aromatic heterocycles. The third kappa shape index (κ3) is 21.5. The van der Waals surface area contributed by atoms with Crippen LogP contribution in [0.25, 0.3) is 33.2 Å². The molecule has 4 fully saturated rings. The highest BCUT2D eigenvalue weighted by Crippen LogP contribution is 2.47. The van der Waals surface area contributed by atoms with Crippen LogP contribution in [-0.4, -0.2) is 208 Å². The van der Waals surface area contributed by atoms with Crippen LogP contribution in [0.4, 0.5) is 22.7 Å². The number of H-pyrrole nitrogens is 2. The normalized spacial score (nSPS) is 19.6. The maximum atomic E-state index is 14.1. The number of likely N-dealkylation sites (N-methyl/N-ethyl adjacent to an activating group) is 1. The topological polar surface area (TPSA) is 311 Å². The largest absolute Gasteiger partial charge is 0.455 e. The number of benzene rings is 6. The van der Waals surface area contributed by atoms with Gasteiger partial charge in [-0.3, -0.25) is 39.6 Å². The van der Waals surface area contributed by atoms with Crippen molar-refractivity contribution in [1.29, 1.82) is 0 Å². The Hall–Kier alpha value is -10.6. The fourth-order valence-corrected chi connectivity index (χ4v) is 22.3. The van der Waals surface area contributed by atoms with E-state index in [1.807, 2.05) is 48.5 Å². The van der Waals surface area contributed by atoms with Crippen molar-refractivity contribution in [3.63, 3.8) is 0 Å². The number of aromatic amines is 2. The molecule has 8 heterocycles. The lowest BCUT2D eigenvalue weighted by molar-refractivity contribution is -0.385. The fourth-order valence-electron chi connectivity index (χ4n) is 20.0. The molecule has 31 heteroatoms. The zero-order valence-electron chi connectivity index (χ0n) is 73.9. The van der Waals surface area contributed by atoms with Crippen LogP contribution >= 0.6 is 23.2 Å². The molecule has 4 aliphatic carbocycles. The van der Waals surface area contributed by atoms with Crippen molar-refractivity contribution in [2.24, 2.45) is 22.7 Å². The van der Waals surface area contributed by atoms with Gasteiger partial charge in [0, 0.05) is 172 Å². The van der Waals surface area contributed by atoms with Gasteiger partial charge in [0.25, 0.3) is 43.2 Å². The molecule has 0 spiro atoms. The number of sulfonamides is 2. The first-order valence-electron chi connectivity index (χ1n) is 45.2. The summed E-state index contributed by atoms with van der Waals surface area (Å²) < 4.78 is 73.2. The van der Waals surface area contributed by atoms with E-state index in [4.69, 9.17) is 32.7 Å². The average Bonchev–Trinajstić information content (AvgIpc) is 1.65. The number of carbonyl (C=O) groups is 2. The monoisotopic (exact) mass is 1830 g/mol. The number of ether oxygens (including phenoxy) is 2. The number of likely N-dealkylation sites (tertiary alicyclic amines) is 1. The van der Waals surface area contributed by atoms with Gasteiger partial charge in [-0.25, -0.2) is 36.2 Å². The Kier molecular flexibility index (Phi) is 26.9. The number of pyridine rings is 2. The molecule has 2 amide bonds. The van der Waals surface area contributed by atoms with Gasteiger partial charge in [-0.05, 0) is 264 Å². The molecule has 8 aliphatic rings. The van der Waals surface area contributed by atoms with Gasteiger partial charge in [0.2, 0.25) is 0 Å². The lowest BCUT2D eigenvalue weighted by Gasteiger charge is -2.39. The second kappa shape index (κ2) is 38.4. The second-order valence-corrected chi connectivity index (χ2v) is 42.1. The zero-order chi connectivity index (χ0) is 90.0. The number of hydrogen-bond acceptors (Lipinski definition) is 21. The number of aromatic nitrogens is 4. The van der Waals surface area contributed by atoms with E-state index in [1.165, 1.54) is 64.8 Å². The molecule has 27 nitrogen and oxygen atoms in total. The van der Waals surface area contributed by atoms with Gasteiger partial charge in [0.1, 0.15) is 34.3 Å². The van der Waals surface area contributed by atoms with Gasteiger partial charge in [-0.2, -0.15) is 0 Å². The molecule has 0 unspecified atom stereocenters. The van der Waals surface area contributed by atoms with Gasteiger partial charge in [0.05, 0.1) is 43.2 Å². The highest BCUT2D eigenvalue weighted by molar-refractivity contribution is 7.90. The van der Waals surface area contributed by atoms with E-state index in [9.17, 15) is 46.7 Å². The van der Waals surface area contributed by atoms with Crippen LogP contribution < -0.4 is 28.7 Å². The molecule has 4 saturated heterocycles. The summed E-state index contributed by atoms with van der Waals surface area (Å²) in [5, 5.41) is 27.8. The molecule has 0 radical (unpaired) electrons. The number of piperidine rings is 1. The Morgan fingerprint density at radius 3 is 1.31 bits per heavy atom. The van der Waals surface area contributed by atoms with Crippen LogP contribution in [0.5, 0.6) is 23.0 Å². The summed E-state index contributed by atoms with van der Waals surface area (Å²) in [7, 11) is -6.96. The number of hydrogen-bond donors (Lipinski definition) is 4. The Morgan fingerprint density at radius 1 is 0.496 bits per heavy atom. The van der Waals surface area contributed by atoms with Gasteiger partial charge in [-0.1, -0.05) is 92.7 Å². The van der Waals surface area contributed by atoms with Crippen molar-refractivity contribution < 1.29 is 45.7 Å². The molecule has 6 aromatic carbocycles. The van der Waals surface area contributed by atoms with Gasteiger partial charge in [-0.15, -0.1) is 0 Å². The van der Waals surface area contributed by atoms with Gasteiger partial charge >= 0.3 is 0 Å². The first kappa shape index (κ1) is 90.3. The number of amides is 2. The first-order chi connectivity index (χ1) is 61.9. The standard InChI is InChI=1S/C49H57ClN8O6S.C49H56ClN7O6S/c1-49(2)13-10-36(44(30-49)34-4-6-38(50)7-5-34)32-56-20-22-57(23-21-56)39-8-9-42(46(28-39)64-40-26-35-11-14-51-47(35)52-31-40)48(59)53-65(62,63)41-27-37-24-33(25-43(37)45(29-41)58(60)61)12-15-55-18-16-54(3)17-19-55;1-49(2)15-12-36(44(30-49)34-6-8-38(50)9-7-34)32-55-20-22-56(23-21-55)39-10-11-42(46(28-39)63-40-26-35-13-16-51-47(35)52-31-40)48(58)53-64(61,62)41-27-37-24-33(14-19-54-17-4-3-5-18-54)25-43(37)45(29-41)57(59)60/h4-9,11,14,26-29,31,33H,10,12-13,15-25,30,32H2,1-3H3,(H,51,52)(H,53,59);6-11,13,16,26-29,31,33H,3-5,12,14-15,17-25,30,32H2,1-2H3,(H,51,52)(H,53,58)/t2*33-/m00/s1. The van der Waals surface area contributed by atoms with E-state index in [-0.39, 0.29) is 66.5 Å². The lowest BCUT2D eigenvalue weighted by atomic mass is 9.72. The van der Waals surface area contributed by atoms with E-state index in [2.05, 4.69) is 123 Å². The van der Waals surface area contributed by atoms with E-state index in [0.717, 1.165) is 213 Å². The number of rotatable bonds is 26. The molecule has 0 bridgehead atoms. The summed E-state index contributed by atoms with van der Waals surface area (Å²) >= 11 is 12.5. The van der Waals surface area contributed by atoms with E-state index >= 15 is 0 Å². The second-order valence-electron chi connectivity index (χ2n) is 37.8. The number of nitro benzene ring substituents is 2. The molecule has 2 atom stereocenters. The minimum Gasteiger partial charge on any atom is -0.455 e. The molecule has 129 heavy (non-hydrogen) atoms. The first-order valence-corrected chi connectivity index (χ1v) is 48.9. The number of allylic oxidation sites excluding steroid dienone is 2. The molecule has 4 aliphatic heterocycles. The Balaban J connectivity index is 0.000000181. The van der Waals surface area contributed by atoms with Crippen molar-refractivity contribution in [2.75, 3.05) is 135 Å². The van der Waals surface area contributed by atoms with Crippen LogP contribution in [0.1, 0.15) is 152 Å². The number of nitrogens with zero attached hydrogens (tertiary/aromatic N) is 11. The van der Waals surface area contributed by atoms with Crippen LogP contribution in [0, 0.1) is 42.9 Å². The van der Waals surface area contributed by atoms with E-state index < -0.39 is 41.7 Å². The number of halogens is 2. The predicted octanol–water partition coefficient (Wildman–Crippen LogP) is 17.6. The maximum Gasteiger partial charge on any atom is 0.274 e. The summed E-state index contributed by atoms with van der Waals surface area (Å²) in [6, 6.07) is 39.2. The van der Waals surface area contributed by atoms with Gasteiger partial charge in [0.15, 0.2) is 0 Å². The molecule has 10 aromatic rings. The molecular formula is C98H113Cl2N15O12S2. The van der Waals surface area contributed by atoms with E-state index in [1.54, 1.807) is 61.2 Å². The number of fused-ring (bicyclic) bond motifs is 4. The van der Waals surface area contributed by atoms with Crippen molar-refractivity contribution in [2.45, 2.75) is 134 Å². The van der Waals surface area contributed by atoms with Crippen LogP contribution in [0.3, 0.4) is 0 Å². The van der Waals surface area contributed by atoms with Crippen LogP contribution in [-0.2, 0) is 45.7 Å². The number of carbonyl (C=O) groups excluding carboxylic acids is 2. The third-order valence-corrected chi connectivity index (χ3v) is 30.6. The lowest BCUT2D eigenvalue weighted by Crippen LogP contribution is -2.47. The fraction of sp³-hybridized carbons (Fsp3) is 0.429.